The third-order valence-electron chi connectivity index (χ3n) is 4.28. The summed E-state index contributed by atoms with van der Waals surface area (Å²) in [7, 11) is 0. The fraction of sp³-hybridized carbons (Fsp3) is 0.250. The van der Waals surface area contributed by atoms with Crippen LogP contribution >= 0.6 is 11.8 Å². The van der Waals surface area contributed by atoms with Crippen LogP contribution in [0.2, 0.25) is 0 Å². The molecule has 0 amide bonds. The summed E-state index contributed by atoms with van der Waals surface area (Å²) < 4.78 is 13.4. The Kier molecular flexibility index (Phi) is 4.99. The van der Waals surface area contributed by atoms with E-state index in [9.17, 15) is 0 Å². The Morgan fingerprint density at radius 1 is 1.07 bits per heavy atom. The SMILES string of the molecule is CCn1c(SCc2ccc(C#N)cc2)nnc1-c1ccc2c(c1)OCCO2. The Bertz CT molecular complexity index is 992. The van der Waals surface area contributed by atoms with E-state index in [4.69, 9.17) is 14.7 Å². The van der Waals surface area contributed by atoms with Gasteiger partial charge in [0.1, 0.15) is 13.2 Å². The highest BCUT2D eigenvalue weighted by atomic mass is 32.2. The minimum atomic E-state index is 0.558. The average molecular weight is 378 g/mol. The summed E-state index contributed by atoms with van der Waals surface area (Å²) >= 11 is 1.63. The maximum atomic E-state index is 8.90. The van der Waals surface area contributed by atoms with Gasteiger partial charge >= 0.3 is 0 Å². The van der Waals surface area contributed by atoms with Crippen LogP contribution in [0.5, 0.6) is 11.5 Å². The predicted octanol–water partition coefficient (Wildman–Crippen LogP) is 3.90. The molecule has 136 valence electrons. The molecule has 3 aromatic rings. The number of benzene rings is 2. The number of hydrogen-bond donors (Lipinski definition) is 0. The molecule has 0 atom stereocenters. The first-order valence-electron chi connectivity index (χ1n) is 8.73. The molecule has 1 aromatic heterocycles. The summed E-state index contributed by atoms with van der Waals surface area (Å²) in [5.74, 6) is 3.10. The molecular weight excluding hydrogens is 360 g/mol. The van der Waals surface area contributed by atoms with Crippen molar-refractivity contribution >= 4 is 11.8 Å². The third-order valence-corrected chi connectivity index (χ3v) is 5.32. The molecule has 1 aliphatic heterocycles. The second kappa shape index (κ2) is 7.72. The van der Waals surface area contributed by atoms with Crippen LogP contribution < -0.4 is 9.47 Å². The second-order valence-corrected chi connectivity index (χ2v) is 6.95. The number of aromatic nitrogens is 3. The van der Waals surface area contributed by atoms with Crippen LogP contribution in [0.4, 0.5) is 0 Å². The van der Waals surface area contributed by atoms with Crippen molar-refractivity contribution in [2.45, 2.75) is 24.4 Å². The molecule has 0 spiro atoms. The second-order valence-electron chi connectivity index (χ2n) is 6.01. The molecule has 0 fully saturated rings. The molecule has 6 nitrogen and oxygen atoms in total. The number of fused-ring (bicyclic) bond motifs is 1. The van der Waals surface area contributed by atoms with Crippen LogP contribution in [0.1, 0.15) is 18.1 Å². The zero-order valence-corrected chi connectivity index (χ0v) is 15.7. The molecular formula is C20H18N4O2S. The minimum absolute atomic E-state index is 0.558. The van der Waals surface area contributed by atoms with E-state index in [1.807, 2.05) is 42.5 Å². The minimum Gasteiger partial charge on any atom is -0.486 e. The van der Waals surface area contributed by atoms with Crippen LogP contribution in [0.3, 0.4) is 0 Å². The number of nitrogens with zero attached hydrogens (tertiary/aromatic N) is 4. The molecule has 0 unspecified atom stereocenters. The predicted molar refractivity (Wildman–Crippen MR) is 103 cm³/mol. The highest BCUT2D eigenvalue weighted by Crippen LogP contribution is 2.35. The molecule has 0 N–H and O–H groups in total. The number of rotatable bonds is 5. The van der Waals surface area contributed by atoms with Crippen LogP contribution in [0.25, 0.3) is 11.4 Å². The molecule has 27 heavy (non-hydrogen) atoms. The number of hydrogen-bond acceptors (Lipinski definition) is 6. The fourth-order valence-electron chi connectivity index (χ4n) is 2.90. The summed E-state index contributed by atoms with van der Waals surface area (Å²) in [5, 5.41) is 18.5. The van der Waals surface area contributed by atoms with Gasteiger partial charge in [0.25, 0.3) is 0 Å². The molecule has 0 aliphatic carbocycles. The maximum Gasteiger partial charge on any atom is 0.191 e. The molecule has 4 rings (SSSR count). The largest absolute Gasteiger partial charge is 0.486 e. The van der Waals surface area contributed by atoms with Gasteiger partial charge in [0.15, 0.2) is 22.5 Å². The standard InChI is InChI=1S/C20H18N4O2S/c1-2-24-19(16-7-8-17-18(11-16)26-10-9-25-17)22-23-20(24)27-13-15-5-3-14(12-21)4-6-15/h3-8,11H,2,9-10,13H2,1H3. The highest BCUT2D eigenvalue weighted by Gasteiger charge is 2.17. The first kappa shape index (κ1) is 17.4. The topological polar surface area (TPSA) is 73.0 Å². The molecule has 2 heterocycles. The quantitative estimate of drug-likeness (QED) is 0.627. The Balaban J connectivity index is 1.55. The van der Waals surface area contributed by atoms with Gasteiger partial charge in [-0.25, -0.2) is 0 Å². The lowest BCUT2D eigenvalue weighted by Crippen LogP contribution is -2.15. The molecule has 7 heteroatoms. The molecule has 0 saturated carbocycles. The lowest BCUT2D eigenvalue weighted by molar-refractivity contribution is 0.171. The number of ether oxygens (including phenoxy) is 2. The van der Waals surface area contributed by atoms with E-state index in [2.05, 4.69) is 27.8 Å². The van der Waals surface area contributed by atoms with E-state index in [0.717, 1.165) is 45.9 Å². The number of nitriles is 1. The molecule has 0 saturated heterocycles. The summed E-state index contributed by atoms with van der Waals surface area (Å²) in [5.41, 5.74) is 2.77. The van der Waals surface area contributed by atoms with Crippen molar-refractivity contribution in [3.8, 4) is 29.0 Å². The van der Waals surface area contributed by atoms with Gasteiger partial charge in [0.2, 0.25) is 0 Å². The van der Waals surface area contributed by atoms with E-state index in [1.54, 1.807) is 11.8 Å². The Morgan fingerprint density at radius 2 is 1.85 bits per heavy atom. The van der Waals surface area contributed by atoms with E-state index >= 15 is 0 Å². The summed E-state index contributed by atoms with van der Waals surface area (Å²) in [6.45, 7) is 3.99. The van der Waals surface area contributed by atoms with Gasteiger partial charge in [-0.05, 0) is 42.8 Å². The van der Waals surface area contributed by atoms with Crippen molar-refractivity contribution < 1.29 is 9.47 Å². The van der Waals surface area contributed by atoms with Crippen LogP contribution in [0, 0.1) is 11.3 Å². The third kappa shape index (κ3) is 3.62. The van der Waals surface area contributed by atoms with E-state index < -0.39 is 0 Å². The molecule has 2 aromatic carbocycles. The van der Waals surface area contributed by atoms with Gasteiger partial charge in [-0.2, -0.15) is 5.26 Å². The van der Waals surface area contributed by atoms with Crippen LogP contribution in [-0.2, 0) is 12.3 Å². The van der Waals surface area contributed by atoms with E-state index in [-0.39, 0.29) is 0 Å². The van der Waals surface area contributed by atoms with Gasteiger partial charge in [-0.1, -0.05) is 23.9 Å². The van der Waals surface area contributed by atoms with Crippen molar-refractivity contribution in [1.29, 1.82) is 5.26 Å². The zero-order valence-electron chi connectivity index (χ0n) is 14.9. The Morgan fingerprint density at radius 3 is 2.59 bits per heavy atom. The Hall–Kier alpha value is -2.98. The maximum absolute atomic E-state index is 8.90. The summed E-state index contributed by atoms with van der Waals surface area (Å²) in [6, 6.07) is 15.6. The van der Waals surface area contributed by atoms with Crippen LogP contribution in [-0.4, -0.2) is 28.0 Å². The number of thioether (sulfide) groups is 1. The van der Waals surface area contributed by atoms with E-state index in [1.165, 1.54) is 0 Å². The first-order chi connectivity index (χ1) is 13.3. The van der Waals surface area contributed by atoms with Gasteiger partial charge in [0.05, 0.1) is 11.6 Å². The average Bonchev–Trinajstić information content (AvgIpc) is 3.15. The zero-order chi connectivity index (χ0) is 18.6. The van der Waals surface area contributed by atoms with Crippen molar-refractivity contribution in [2.24, 2.45) is 0 Å². The van der Waals surface area contributed by atoms with Gasteiger partial charge in [-0.15, -0.1) is 10.2 Å². The van der Waals surface area contributed by atoms with Crippen molar-refractivity contribution in [3.05, 3.63) is 53.6 Å². The van der Waals surface area contributed by atoms with Crippen molar-refractivity contribution in [2.75, 3.05) is 13.2 Å². The van der Waals surface area contributed by atoms with Gasteiger partial charge in [0, 0.05) is 17.9 Å². The Labute approximate surface area is 161 Å². The van der Waals surface area contributed by atoms with Crippen molar-refractivity contribution in [1.82, 2.24) is 14.8 Å². The highest BCUT2D eigenvalue weighted by molar-refractivity contribution is 7.98. The van der Waals surface area contributed by atoms with Crippen LogP contribution in [0.15, 0.2) is 47.6 Å². The smallest absolute Gasteiger partial charge is 0.191 e. The molecule has 1 aliphatic rings. The summed E-state index contributed by atoms with van der Waals surface area (Å²) in [6.07, 6.45) is 0. The van der Waals surface area contributed by atoms with Crippen molar-refractivity contribution in [3.63, 3.8) is 0 Å². The van der Waals surface area contributed by atoms with Gasteiger partial charge in [-0.3, -0.25) is 0 Å². The normalized spacial score (nSPS) is 12.6. The lowest BCUT2D eigenvalue weighted by atomic mass is 10.2. The lowest BCUT2D eigenvalue weighted by Gasteiger charge is -2.18. The monoisotopic (exact) mass is 378 g/mol. The fourth-order valence-corrected chi connectivity index (χ4v) is 3.86. The summed E-state index contributed by atoms with van der Waals surface area (Å²) in [4.78, 5) is 0. The molecule has 0 radical (unpaired) electrons. The van der Waals surface area contributed by atoms with Gasteiger partial charge < -0.3 is 14.0 Å². The first-order valence-corrected chi connectivity index (χ1v) is 9.72. The molecule has 0 bridgehead atoms. The van der Waals surface area contributed by atoms with E-state index in [0.29, 0.717) is 18.8 Å².